The summed E-state index contributed by atoms with van der Waals surface area (Å²) >= 11 is 6.11. The first-order chi connectivity index (χ1) is 12.0. The molecule has 25 heavy (non-hydrogen) atoms. The minimum atomic E-state index is -0.318. The number of thiophene rings is 1. The summed E-state index contributed by atoms with van der Waals surface area (Å²) in [5.74, 6) is 0.589. The highest BCUT2D eigenvalue weighted by atomic mass is 79.9. The Morgan fingerprint density at radius 1 is 1.24 bits per heavy atom. The molecule has 3 heterocycles. The van der Waals surface area contributed by atoms with Gasteiger partial charge in [-0.15, -0.1) is 11.3 Å². The number of hydrogen-bond donors (Lipinski definition) is 1. The van der Waals surface area contributed by atoms with Crippen LogP contribution in [0.5, 0.6) is 0 Å². The molecule has 126 valence electrons. The van der Waals surface area contributed by atoms with Crippen LogP contribution in [-0.2, 0) is 0 Å². The van der Waals surface area contributed by atoms with Crippen LogP contribution in [0.25, 0.3) is 21.7 Å². The van der Waals surface area contributed by atoms with Crippen molar-refractivity contribution in [3.63, 3.8) is 0 Å². The zero-order chi connectivity index (χ0) is 17.6. The van der Waals surface area contributed by atoms with Gasteiger partial charge < -0.3 is 4.42 Å². The molecule has 3 aromatic heterocycles. The number of aryl methyl sites for hydroxylation is 2. The van der Waals surface area contributed by atoms with Gasteiger partial charge in [0.05, 0.1) is 8.66 Å². The Bertz CT molecular complexity index is 1100. The molecule has 0 aliphatic carbocycles. The van der Waals surface area contributed by atoms with Crippen molar-refractivity contribution >= 4 is 60.8 Å². The Balaban J connectivity index is 1.60. The largest absolute Gasteiger partial charge is 0.451 e. The molecule has 0 radical (unpaired) electrons. The van der Waals surface area contributed by atoms with Gasteiger partial charge in [-0.2, -0.15) is 9.36 Å². The quantitative estimate of drug-likeness (QED) is 0.453. The number of nitrogens with one attached hydrogen (secondary N) is 1. The van der Waals surface area contributed by atoms with Gasteiger partial charge in [0.1, 0.15) is 5.58 Å². The zero-order valence-electron chi connectivity index (χ0n) is 13.3. The molecule has 0 spiro atoms. The summed E-state index contributed by atoms with van der Waals surface area (Å²) in [4.78, 5) is 17.9. The van der Waals surface area contributed by atoms with Crippen LogP contribution < -0.4 is 5.32 Å². The minimum Gasteiger partial charge on any atom is -0.451 e. The maximum absolute atomic E-state index is 12.6. The van der Waals surface area contributed by atoms with Gasteiger partial charge in [0.25, 0.3) is 5.91 Å². The molecule has 5 nitrogen and oxygen atoms in total. The fraction of sp³-hybridized carbons (Fsp3) is 0.118. The summed E-state index contributed by atoms with van der Waals surface area (Å²) in [5.41, 5.74) is 2.62. The average molecular weight is 434 g/mol. The standard InChI is InChI=1S/C17H12BrN3O2S2/c1-8-3-4-10-9(2)14(23-11(10)7-8)16(22)20-17-19-15(21-25-17)12-5-6-13(18)24-12/h3-7H,1-2H3,(H,19,20,21,22). The lowest BCUT2D eigenvalue weighted by molar-refractivity contribution is 0.0998. The number of benzene rings is 1. The molecule has 0 saturated heterocycles. The molecule has 8 heteroatoms. The maximum Gasteiger partial charge on any atom is 0.293 e. The number of halogens is 1. The van der Waals surface area contributed by atoms with E-state index in [9.17, 15) is 4.79 Å². The van der Waals surface area contributed by atoms with E-state index in [0.717, 1.165) is 36.7 Å². The van der Waals surface area contributed by atoms with E-state index in [1.807, 2.05) is 44.2 Å². The number of anilines is 1. The fourth-order valence-electron chi connectivity index (χ4n) is 2.51. The van der Waals surface area contributed by atoms with E-state index in [0.29, 0.717) is 22.3 Å². The predicted octanol–water partition coefficient (Wildman–Crippen LogP) is 5.64. The molecule has 4 rings (SSSR count). The van der Waals surface area contributed by atoms with Crippen molar-refractivity contribution in [3.05, 3.63) is 51.0 Å². The zero-order valence-corrected chi connectivity index (χ0v) is 16.5. The molecule has 0 aliphatic rings. The number of hydrogen-bond acceptors (Lipinski definition) is 6. The molecular weight excluding hydrogens is 422 g/mol. The first-order valence-corrected chi connectivity index (χ1v) is 9.80. The van der Waals surface area contributed by atoms with Crippen LogP contribution in [0, 0.1) is 13.8 Å². The number of rotatable bonds is 3. The monoisotopic (exact) mass is 433 g/mol. The second-order valence-electron chi connectivity index (χ2n) is 5.54. The Morgan fingerprint density at radius 2 is 2.08 bits per heavy atom. The van der Waals surface area contributed by atoms with Gasteiger partial charge >= 0.3 is 0 Å². The van der Waals surface area contributed by atoms with Gasteiger partial charge in [-0.25, -0.2) is 0 Å². The lowest BCUT2D eigenvalue weighted by Crippen LogP contribution is -2.11. The SMILES string of the molecule is Cc1ccc2c(C)c(C(=O)Nc3nc(-c4ccc(Br)s4)ns3)oc2c1. The van der Waals surface area contributed by atoms with Crippen molar-refractivity contribution in [1.82, 2.24) is 9.36 Å². The van der Waals surface area contributed by atoms with Gasteiger partial charge in [-0.3, -0.25) is 10.1 Å². The normalized spacial score (nSPS) is 11.2. The van der Waals surface area contributed by atoms with E-state index in [1.54, 1.807) is 11.3 Å². The van der Waals surface area contributed by atoms with Crippen molar-refractivity contribution < 1.29 is 9.21 Å². The van der Waals surface area contributed by atoms with Crippen LogP contribution in [0.2, 0.25) is 0 Å². The van der Waals surface area contributed by atoms with Crippen molar-refractivity contribution in [1.29, 1.82) is 0 Å². The number of carbonyl (C=O) groups excluding carboxylic acids is 1. The summed E-state index contributed by atoms with van der Waals surface area (Å²) in [7, 11) is 0. The first-order valence-electron chi connectivity index (χ1n) is 7.42. The highest BCUT2D eigenvalue weighted by Crippen LogP contribution is 2.31. The van der Waals surface area contributed by atoms with Crippen molar-refractivity contribution in [2.45, 2.75) is 13.8 Å². The second-order valence-corrected chi connectivity index (χ2v) is 8.75. The maximum atomic E-state index is 12.6. The molecule has 0 unspecified atom stereocenters. The molecule has 0 aliphatic heterocycles. The number of aromatic nitrogens is 2. The van der Waals surface area contributed by atoms with Gasteiger partial charge in [0.2, 0.25) is 5.13 Å². The number of fused-ring (bicyclic) bond motifs is 1. The van der Waals surface area contributed by atoms with Gasteiger partial charge in [0.15, 0.2) is 11.6 Å². The minimum absolute atomic E-state index is 0.302. The van der Waals surface area contributed by atoms with Crippen molar-refractivity contribution in [2.75, 3.05) is 5.32 Å². The third-order valence-corrected chi connectivity index (χ3v) is 5.99. The lowest BCUT2D eigenvalue weighted by Gasteiger charge is -1.98. The average Bonchev–Trinajstić information content (AvgIpc) is 3.27. The predicted molar refractivity (Wildman–Crippen MR) is 105 cm³/mol. The van der Waals surface area contributed by atoms with E-state index in [1.165, 1.54) is 0 Å². The van der Waals surface area contributed by atoms with E-state index < -0.39 is 0 Å². The third kappa shape index (κ3) is 3.12. The number of nitrogens with zero attached hydrogens (tertiary/aromatic N) is 2. The van der Waals surface area contributed by atoms with Crippen molar-refractivity contribution in [2.24, 2.45) is 0 Å². The highest BCUT2D eigenvalue weighted by molar-refractivity contribution is 9.11. The topological polar surface area (TPSA) is 68.0 Å². The summed E-state index contributed by atoms with van der Waals surface area (Å²) in [6, 6.07) is 9.78. The molecule has 4 aromatic rings. The van der Waals surface area contributed by atoms with Crippen LogP contribution in [0.4, 0.5) is 5.13 Å². The fourth-order valence-corrected chi connectivity index (χ4v) is 4.47. The van der Waals surface area contributed by atoms with E-state index in [2.05, 4.69) is 30.6 Å². The van der Waals surface area contributed by atoms with Crippen molar-refractivity contribution in [3.8, 4) is 10.7 Å². The Labute approximate surface area is 160 Å². The van der Waals surface area contributed by atoms with Crippen LogP contribution in [-0.4, -0.2) is 15.3 Å². The summed E-state index contributed by atoms with van der Waals surface area (Å²) < 4.78 is 11.1. The Kier molecular flexibility index (Phi) is 4.18. The summed E-state index contributed by atoms with van der Waals surface area (Å²) in [6.45, 7) is 3.87. The van der Waals surface area contributed by atoms with Crippen LogP contribution in [0.15, 0.2) is 38.5 Å². The molecule has 1 N–H and O–H groups in total. The van der Waals surface area contributed by atoms with Gasteiger partial charge in [-0.05, 0) is 53.5 Å². The lowest BCUT2D eigenvalue weighted by atomic mass is 10.1. The van der Waals surface area contributed by atoms with Crippen LogP contribution in [0.1, 0.15) is 21.7 Å². The molecule has 1 amide bonds. The van der Waals surface area contributed by atoms with E-state index >= 15 is 0 Å². The molecule has 1 aromatic carbocycles. The summed E-state index contributed by atoms with van der Waals surface area (Å²) in [6.07, 6.45) is 0. The summed E-state index contributed by atoms with van der Waals surface area (Å²) in [5, 5.41) is 4.16. The Morgan fingerprint density at radius 3 is 2.84 bits per heavy atom. The highest BCUT2D eigenvalue weighted by Gasteiger charge is 2.19. The number of carbonyl (C=O) groups is 1. The smallest absolute Gasteiger partial charge is 0.293 e. The molecular formula is C17H12BrN3O2S2. The van der Waals surface area contributed by atoms with E-state index in [-0.39, 0.29) is 5.91 Å². The van der Waals surface area contributed by atoms with Crippen LogP contribution in [0.3, 0.4) is 0 Å². The number of amides is 1. The Hall–Kier alpha value is -2.03. The third-order valence-electron chi connectivity index (χ3n) is 3.74. The van der Waals surface area contributed by atoms with E-state index in [4.69, 9.17) is 4.42 Å². The molecule has 0 fully saturated rings. The number of furan rings is 1. The van der Waals surface area contributed by atoms with Gasteiger partial charge in [0, 0.05) is 22.5 Å². The molecule has 0 bridgehead atoms. The van der Waals surface area contributed by atoms with Crippen LogP contribution >= 0.6 is 38.8 Å². The van der Waals surface area contributed by atoms with Gasteiger partial charge in [-0.1, -0.05) is 12.1 Å². The molecule has 0 atom stereocenters. The first kappa shape index (κ1) is 16.4. The molecule has 0 saturated carbocycles. The second kappa shape index (κ2) is 6.36.